The molecule has 0 aliphatic carbocycles. The van der Waals surface area contributed by atoms with Gasteiger partial charge in [0.25, 0.3) is 10.2 Å². The Hall–Kier alpha value is 0.120. The first kappa shape index (κ1) is 17.5. The molecule has 0 radical (unpaired) electrons. The van der Waals surface area contributed by atoms with Crippen LogP contribution in [0.2, 0.25) is 0 Å². The van der Waals surface area contributed by atoms with Crippen molar-refractivity contribution in [1.29, 1.82) is 0 Å². The van der Waals surface area contributed by atoms with Gasteiger partial charge in [-0.15, -0.1) is 12.4 Å². The van der Waals surface area contributed by atoms with Crippen molar-refractivity contribution in [2.45, 2.75) is 32.2 Å². The SMILES string of the molecule is CCC(N)(CC)CNS(=O)(=O)N(C)C.Cl. The van der Waals surface area contributed by atoms with Crippen molar-refractivity contribution < 1.29 is 8.42 Å². The second-order valence-corrected chi connectivity index (χ2v) is 5.65. The molecule has 15 heavy (non-hydrogen) atoms. The van der Waals surface area contributed by atoms with Crippen LogP contribution >= 0.6 is 12.4 Å². The van der Waals surface area contributed by atoms with Crippen LogP contribution in [0, 0.1) is 0 Å². The molecule has 0 aliphatic heterocycles. The fraction of sp³-hybridized carbons (Fsp3) is 1.00. The number of rotatable bonds is 6. The fourth-order valence-electron chi connectivity index (χ4n) is 0.864. The van der Waals surface area contributed by atoms with Gasteiger partial charge in [0.1, 0.15) is 0 Å². The Bertz CT molecular complexity index is 263. The Balaban J connectivity index is 0. The van der Waals surface area contributed by atoms with Crippen LogP contribution in [-0.4, -0.2) is 38.9 Å². The number of halogens is 1. The Labute approximate surface area is 99.0 Å². The average molecular weight is 260 g/mol. The molecule has 0 fully saturated rings. The highest BCUT2D eigenvalue weighted by atomic mass is 35.5. The molecule has 0 atom stereocenters. The molecule has 5 nitrogen and oxygen atoms in total. The van der Waals surface area contributed by atoms with Gasteiger partial charge < -0.3 is 5.73 Å². The third kappa shape index (κ3) is 5.67. The number of nitrogens with zero attached hydrogens (tertiary/aromatic N) is 1. The number of hydrogen-bond donors (Lipinski definition) is 2. The minimum Gasteiger partial charge on any atom is -0.324 e. The molecule has 3 N–H and O–H groups in total. The van der Waals surface area contributed by atoms with Crippen LogP contribution in [0.5, 0.6) is 0 Å². The summed E-state index contributed by atoms with van der Waals surface area (Å²) in [6.07, 6.45) is 1.50. The van der Waals surface area contributed by atoms with E-state index in [-0.39, 0.29) is 19.0 Å². The lowest BCUT2D eigenvalue weighted by atomic mass is 9.95. The summed E-state index contributed by atoms with van der Waals surface area (Å²) in [4.78, 5) is 0. The Morgan fingerprint density at radius 3 is 1.93 bits per heavy atom. The maximum absolute atomic E-state index is 11.4. The lowest BCUT2D eigenvalue weighted by Gasteiger charge is -2.27. The molecule has 0 spiro atoms. The molecule has 0 bridgehead atoms. The van der Waals surface area contributed by atoms with Crippen LogP contribution < -0.4 is 10.5 Å². The summed E-state index contributed by atoms with van der Waals surface area (Å²) >= 11 is 0. The van der Waals surface area contributed by atoms with Crippen LogP contribution in [0.25, 0.3) is 0 Å². The molecule has 0 saturated heterocycles. The van der Waals surface area contributed by atoms with Gasteiger partial charge in [-0.2, -0.15) is 12.7 Å². The zero-order valence-corrected chi connectivity index (χ0v) is 11.4. The predicted octanol–water partition coefficient (Wildman–Crippen LogP) is 0.322. The van der Waals surface area contributed by atoms with E-state index in [0.717, 1.165) is 17.1 Å². The molecule has 0 amide bonds. The highest BCUT2D eigenvalue weighted by Crippen LogP contribution is 2.09. The Kier molecular flexibility index (Phi) is 7.76. The van der Waals surface area contributed by atoms with Gasteiger partial charge in [0.2, 0.25) is 0 Å². The van der Waals surface area contributed by atoms with Crippen LogP contribution in [0.3, 0.4) is 0 Å². The third-order valence-corrected chi connectivity index (χ3v) is 3.97. The van der Waals surface area contributed by atoms with Gasteiger partial charge in [0.15, 0.2) is 0 Å². The largest absolute Gasteiger partial charge is 0.324 e. The Morgan fingerprint density at radius 1 is 1.27 bits per heavy atom. The smallest absolute Gasteiger partial charge is 0.278 e. The molecule has 7 heteroatoms. The minimum absolute atomic E-state index is 0. The van der Waals surface area contributed by atoms with E-state index in [4.69, 9.17) is 5.73 Å². The zero-order valence-electron chi connectivity index (χ0n) is 9.78. The standard InChI is InChI=1S/C8H21N3O2S.ClH/c1-5-8(9,6-2)7-10-14(12,13)11(3)4;/h10H,5-7,9H2,1-4H3;1H. The molecule has 0 aliphatic rings. The maximum Gasteiger partial charge on any atom is 0.278 e. The van der Waals surface area contributed by atoms with Gasteiger partial charge in [0.05, 0.1) is 0 Å². The van der Waals surface area contributed by atoms with E-state index < -0.39 is 15.7 Å². The fourth-order valence-corrected chi connectivity index (χ4v) is 1.59. The first-order valence-electron chi connectivity index (χ1n) is 4.73. The minimum atomic E-state index is -3.35. The first-order chi connectivity index (χ1) is 6.27. The molecular weight excluding hydrogens is 238 g/mol. The van der Waals surface area contributed by atoms with Gasteiger partial charge in [-0.3, -0.25) is 0 Å². The average Bonchev–Trinajstić information content (AvgIpc) is 2.14. The van der Waals surface area contributed by atoms with Crippen LogP contribution in [0.1, 0.15) is 26.7 Å². The summed E-state index contributed by atoms with van der Waals surface area (Å²) in [5.41, 5.74) is 5.52. The summed E-state index contributed by atoms with van der Waals surface area (Å²) in [6.45, 7) is 4.18. The van der Waals surface area contributed by atoms with E-state index in [1.54, 1.807) is 0 Å². The molecule has 0 heterocycles. The number of nitrogens with one attached hydrogen (secondary N) is 1. The molecular formula is C8H22ClN3O2S. The van der Waals surface area contributed by atoms with Crippen molar-refractivity contribution in [2.24, 2.45) is 5.73 Å². The zero-order chi connectivity index (χ0) is 11.4. The monoisotopic (exact) mass is 259 g/mol. The van der Waals surface area contributed by atoms with Crippen molar-refractivity contribution >= 4 is 22.6 Å². The van der Waals surface area contributed by atoms with Crippen LogP contribution in [-0.2, 0) is 10.2 Å². The van der Waals surface area contributed by atoms with Gasteiger partial charge in [-0.05, 0) is 12.8 Å². The predicted molar refractivity (Wildman–Crippen MR) is 65.4 cm³/mol. The van der Waals surface area contributed by atoms with Crippen molar-refractivity contribution in [3.63, 3.8) is 0 Å². The normalized spacial score (nSPS) is 12.7. The van der Waals surface area contributed by atoms with E-state index >= 15 is 0 Å². The van der Waals surface area contributed by atoms with Crippen molar-refractivity contribution in [1.82, 2.24) is 9.03 Å². The van der Waals surface area contributed by atoms with E-state index in [0.29, 0.717) is 0 Å². The molecule has 0 aromatic rings. The van der Waals surface area contributed by atoms with E-state index in [1.165, 1.54) is 14.1 Å². The first-order valence-corrected chi connectivity index (χ1v) is 6.17. The lowest BCUT2D eigenvalue weighted by Crippen LogP contribution is -2.51. The molecule has 0 aromatic carbocycles. The second kappa shape index (κ2) is 6.65. The van der Waals surface area contributed by atoms with Gasteiger partial charge >= 0.3 is 0 Å². The third-order valence-electron chi connectivity index (χ3n) is 2.50. The van der Waals surface area contributed by atoms with E-state index in [9.17, 15) is 8.42 Å². The highest BCUT2D eigenvalue weighted by Gasteiger charge is 2.23. The van der Waals surface area contributed by atoms with E-state index in [1.807, 2.05) is 13.8 Å². The van der Waals surface area contributed by atoms with Crippen molar-refractivity contribution in [3.8, 4) is 0 Å². The molecule has 0 aromatic heterocycles. The number of hydrogen-bond acceptors (Lipinski definition) is 3. The van der Waals surface area contributed by atoms with Crippen molar-refractivity contribution in [2.75, 3.05) is 20.6 Å². The van der Waals surface area contributed by atoms with Crippen LogP contribution in [0.4, 0.5) is 0 Å². The van der Waals surface area contributed by atoms with Crippen molar-refractivity contribution in [3.05, 3.63) is 0 Å². The summed E-state index contributed by atoms with van der Waals surface area (Å²) in [5, 5.41) is 0. The molecule has 0 rings (SSSR count). The summed E-state index contributed by atoms with van der Waals surface area (Å²) in [7, 11) is -0.379. The molecule has 0 saturated carbocycles. The highest BCUT2D eigenvalue weighted by molar-refractivity contribution is 7.87. The summed E-state index contributed by atoms with van der Waals surface area (Å²) in [5.74, 6) is 0. The maximum atomic E-state index is 11.4. The summed E-state index contributed by atoms with van der Waals surface area (Å²) < 4.78 is 26.3. The second-order valence-electron chi connectivity index (χ2n) is 3.68. The number of nitrogens with two attached hydrogens (primary N) is 1. The molecule has 94 valence electrons. The van der Waals surface area contributed by atoms with Gasteiger partial charge in [-0.1, -0.05) is 13.8 Å². The van der Waals surface area contributed by atoms with E-state index in [2.05, 4.69) is 4.72 Å². The summed E-state index contributed by atoms with van der Waals surface area (Å²) in [6, 6.07) is 0. The van der Waals surface area contributed by atoms with Gasteiger partial charge in [0, 0.05) is 26.2 Å². The Morgan fingerprint density at radius 2 is 1.67 bits per heavy atom. The van der Waals surface area contributed by atoms with Crippen LogP contribution in [0.15, 0.2) is 0 Å². The quantitative estimate of drug-likeness (QED) is 0.722. The topological polar surface area (TPSA) is 75.4 Å². The lowest BCUT2D eigenvalue weighted by molar-refractivity contribution is 0.386. The molecule has 0 unspecified atom stereocenters. The van der Waals surface area contributed by atoms with Gasteiger partial charge in [-0.25, -0.2) is 4.72 Å².